The van der Waals surface area contributed by atoms with E-state index in [2.05, 4.69) is 5.32 Å². The van der Waals surface area contributed by atoms with Crippen LogP contribution in [0.4, 0.5) is 5.69 Å². The standard InChI is InChI=1S/C17H18ClNO2/c1-11-5-4-6-12(2)17(11)21-10-16(20)19-15-8-7-14(18)9-13(15)3/h4-9H,10H2,1-3H3,(H,19,20). The number of para-hydroxylation sites is 1. The van der Waals surface area contributed by atoms with Gasteiger partial charge >= 0.3 is 0 Å². The Morgan fingerprint density at radius 1 is 1.10 bits per heavy atom. The highest BCUT2D eigenvalue weighted by molar-refractivity contribution is 6.30. The molecule has 0 aliphatic carbocycles. The van der Waals surface area contributed by atoms with Crippen LogP contribution in [0.5, 0.6) is 5.75 Å². The number of nitrogens with one attached hydrogen (secondary N) is 1. The highest BCUT2D eigenvalue weighted by Crippen LogP contribution is 2.23. The van der Waals surface area contributed by atoms with Gasteiger partial charge in [0.1, 0.15) is 5.75 Å². The van der Waals surface area contributed by atoms with E-state index in [1.807, 2.05) is 45.0 Å². The van der Waals surface area contributed by atoms with Crippen molar-refractivity contribution in [3.8, 4) is 5.75 Å². The van der Waals surface area contributed by atoms with Crippen LogP contribution in [0, 0.1) is 20.8 Å². The average molecular weight is 304 g/mol. The van der Waals surface area contributed by atoms with Crippen LogP contribution < -0.4 is 10.1 Å². The molecule has 0 spiro atoms. The smallest absolute Gasteiger partial charge is 0.262 e. The zero-order valence-corrected chi connectivity index (χ0v) is 13.1. The summed E-state index contributed by atoms with van der Waals surface area (Å²) in [7, 11) is 0. The first-order valence-corrected chi connectivity index (χ1v) is 7.10. The first-order valence-electron chi connectivity index (χ1n) is 6.72. The van der Waals surface area contributed by atoms with Crippen LogP contribution in [-0.2, 0) is 4.79 Å². The molecule has 1 amide bonds. The monoisotopic (exact) mass is 303 g/mol. The van der Waals surface area contributed by atoms with Crippen LogP contribution in [0.25, 0.3) is 0 Å². The van der Waals surface area contributed by atoms with Crippen molar-refractivity contribution in [3.05, 3.63) is 58.1 Å². The summed E-state index contributed by atoms with van der Waals surface area (Å²) in [6, 6.07) is 11.2. The summed E-state index contributed by atoms with van der Waals surface area (Å²) in [5.41, 5.74) is 3.70. The van der Waals surface area contributed by atoms with E-state index in [9.17, 15) is 4.79 Å². The highest BCUT2D eigenvalue weighted by atomic mass is 35.5. The Morgan fingerprint density at radius 2 is 1.76 bits per heavy atom. The maximum absolute atomic E-state index is 12.0. The van der Waals surface area contributed by atoms with Crippen molar-refractivity contribution >= 4 is 23.2 Å². The number of benzene rings is 2. The Morgan fingerprint density at radius 3 is 2.38 bits per heavy atom. The fraction of sp³-hybridized carbons (Fsp3) is 0.235. The predicted molar refractivity (Wildman–Crippen MR) is 86.2 cm³/mol. The number of halogens is 1. The average Bonchev–Trinajstić information content (AvgIpc) is 2.41. The summed E-state index contributed by atoms with van der Waals surface area (Å²) in [5.74, 6) is 0.573. The molecule has 2 aromatic carbocycles. The van der Waals surface area contributed by atoms with Crippen molar-refractivity contribution in [3.63, 3.8) is 0 Å². The van der Waals surface area contributed by atoms with E-state index in [0.29, 0.717) is 5.02 Å². The summed E-state index contributed by atoms with van der Waals surface area (Å²) in [6.45, 7) is 5.80. The lowest BCUT2D eigenvalue weighted by Crippen LogP contribution is -2.21. The summed E-state index contributed by atoms with van der Waals surface area (Å²) in [4.78, 5) is 12.0. The Hall–Kier alpha value is -2.00. The molecule has 0 unspecified atom stereocenters. The number of rotatable bonds is 4. The molecule has 0 aromatic heterocycles. The summed E-state index contributed by atoms with van der Waals surface area (Å²) < 4.78 is 5.63. The molecule has 0 bridgehead atoms. The second-order valence-corrected chi connectivity index (χ2v) is 5.45. The summed E-state index contributed by atoms with van der Waals surface area (Å²) in [6.07, 6.45) is 0. The zero-order chi connectivity index (χ0) is 15.4. The third kappa shape index (κ3) is 3.99. The molecular weight excluding hydrogens is 286 g/mol. The van der Waals surface area contributed by atoms with Crippen LogP contribution in [0.2, 0.25) is 5.02 Å². The zero-order valence-electron chi connectivity index (χ0n) is 12.4. The van der Waals surface area contributed by atoms with Gasteiger partial charge in [-0.1, -0.05) is 29.8 Å². The molecule has 0 aliphatic heterocycles. The second kappa shape index (κ2) is 6.64. The number of carbonyl (C=O) groups excluding carboxylic acids is 1. The molecule has 0 aliphatic rings. The molecule has 0 radical (unpaired) electrons. The van der Waals surface area contributed by atoms with Crippen molar-refractivity contribution in [2.75, 3.05) is 11.9 Å². The Kier molecular flexibility index (Phi) is 4.86. The van der Waals surface area contributed by atoms with E-state index in [1.165, 1.54) is 0 Å². The van der Waals surface area contributed by atoms with Crippen molar-refractivity contribution in [2.45, 2.75) is 20.8 Å². The van der Waals surface area contributed by atoms with Crippen molar-refractivity contribution in [1.29, 1.82) is 0 Å². The summed E-state index contributed by atoms with van der Waals surface area (Å²) in [5, 5.41) is 3.47. The highest BCUT2D eigenvalue weighted by Gasteiger charge is 2.09. The number of hydrogen-bond acceptors (Lipinski definition) is 2. The quantitative estimate of drug-likeness (QED) is 0.915. The minimum Gasteiger partial charge on any atom is -0.483 e. The van der Waals surface area contributed by atoms with Crippen molar-refractivity contribution < 1.29 is 9.53 Å². The van der Waals surface area contributed by atoms with Gasteiger partial charge < -0.3 is 10.1 Å². The topological polar surface area (TPSA) is 38.3 Å². The van der Waals surface area contributed by atoms with Gasteiger partial charge in [0.15, 0.2) is 6.61 Å². The van der Waals surface area contributed by atoms with E-state index >= 15 is 0 Å². The van der Waals surface area contributed by atoms with E-state index < -0.39 is 0 Å². The number of ether oxygens (including phenoxy) is 1. The van der Waals surface area contributed by atoms with Crippen LogP contribution in [0.15, 0.2) is 36.4 Å². The molecule has 0 saturated carbocycles. The van der Waals surface area contributed by atoms with Crippen LogP contribution >= 0.6 is 11.6 Å². The van der Waals surface area contributed by atoms with Gasteiger partial charge in [-0.25, -0.2) is 0 Å². The van der Waals surface area contributed by atoms with Crippen LogP contribution in [-0.4, -0.2) is 12.5 Å². The van der Waals surface area contributed by atoms with Gasteiger partial charge in [0, 0.05) is 10.7 Å². The number of aryl methyl sites for hydroxylation is 3. The van der Waals surface area contributed by atoms with Crippen molar-refractivity contribution in [2.24, 2.45) is 0 Å². The lowest BCUT2D eigenvalue weighted by Gasteiger charge is -2.13. The normalized spacial score (nSPS) is 10.3. The van der Waals surface area contributed by atoms with Crippen LogP contribution in [0.3, 0.4) is 0 Å². The molecule has 3 nitrogen and oxygen atoms in total. The molecule has 0 saturated heterocycles. The maximum atomic E-state index is 12.0. The van der Waals surface area contributed by atoms with Gasteiger partial charge in [-0.3, -0.25) is 4.79 Å². The third-order valence-corrected chi connectivity index (χ3v) is 3.45. The number of carbonyl (C=O) groups is 1. The predicted octanol–water partition coefficient (Wildman–Crippen LogP) is 4.28. The molecule has 21 heavy (non-hydrogen) atoms. The van der Waals surface area contributed by atoms with Gasteiger partial charge in [0.25, 0.3) is 5.91 Å². The molecular formula is C17H18ClNO2. The molecule has 110 valence electrons. The number of hydrogen-bond donors (Lipinski definition) is 1. The first-order chi connectivity index (χ1) is 9.97. The van der Waals surface area contributed by atoms with Crippen molar-refractivity contribution in [1.82, 2.24) is 0 Å². The fourth-order valence-corrected chi connectivity index (χ4v) is 2.34. The van der Waals surface area contributed by atoms with E-state index in [0.717, 1.165) is 28.1 Å². The minimum absolute atomic E-state index is 0.0201. The molecule has 1 N–H and O–H groups in total. The third-order valence-electron chi connectivity index (χ3n) is 3.22. The number of anilines is 1. The SMILES string of the molecule is Cc1cc(Cl)ccc1NC(=O)COc1c(C)cccc1C. The van der Waals surface area contributed by atoms with E-state index in [-0.39, 0.29) is 12.5 Å². The van der Waals surface area contributed by atoms with E-state index in [1.54, 1.807) is 12.1 Å². The molecule has 0 atom stereocenters. The minimum atomic E-state index is -0.192. The summed E-state index contributed by atoms with van der Waals surface area (Å²) >= 11 is 5.89. The second-order valence-electron chi connectivity index (χ2n) is 5.02. The maximum Gasteiger partial charge on any atom is 0.262 e. The van der Waals surface area contributed by atoms with Crippen LogP contribution in [0.1, 0.15) is 16.7 Å². The van der Waals surface area contributed by atoms with Gasteiger partial charge in [0.2, 0.25) is 0 Å². The Balaban J connectivity index is 1.99. The molecule has 2 rings (SSSR count). The lowest BCUT2D eigenvalue weighted by atomic mass is 10.1. The Labute approximate surface area is 129 Å². The molecule has 4 heteroatoms. The first kappa shape index (κ1) is 15.4. The van der Waals surface area contributed by atoms with Gasteiger partial charge in [-0.05, 0) is 55.7 Å². The fourth-order valence-electron chi connectivity index (χ4n) is 2.12. The molecule has 2 aromatic rings. The largest absolute Gasteiger partial charge is 0.483 e. The van der Waals surface area contributed by atoms with Gasteiger partial charge in [0.05, 0.1) is 0 Å². The van der Waals surface area contributed by atoms with E-state index in [4.69, 9.17) is 16.3 Å². The Bertz CT molecular complexity index is 648. The lowest BCUT2D eigenvalue weighted by molar-refractivity contribution is -0.118. The van der Waals surface area contributed by atoms with Gasteiger partial charge in [-0.15, -0.1) is 0 Å². The number of amides is 1. The molecule has 0 heterocycles. The van der Waals surface area contributed by atoms with Gasteiger partial charge in [-0.2, -0.15) is 0 Å². The molecule has 0 fully saturated rings.